The van der Waals surface area contributed by atoms with Crippen molar-refractivity contribution in [3.63, 3.8) is 0 Å². The lowest BCUT2D eigenvalue weighted by atomic mass is 9.96. The highest BCUT2D eigenvalue weighted by molar-refractivity contribution is 5.97. The molecule has 1 fully saturated rings. The Hall–Kier alpha value is -3.02. The van der Waals surface area contributed by atoms with Gasteiger partial charge in [0.25, 0.3) is 0 Å². The number of para-hydroxylation sites is 1. The molecular formula is C24H30N2O4. The third kappa shape index (κ3) is 5.32. The van der Waals surface area contributed by atoms with Gasteiger partial charge in [0.05, 0.1) is 14.2 Å². The van der Waals surface area contributed by atoms with E-state index in [1.165, 1.54) is 0 Å². The smallest absolute Gasteiger partial charge is 0.247 e. The highest BCUT2D eigenvalue weighted by atomic mass is 16.5. The van der Waals surface area contributed by atoms with Gasteiger partial charge < -0.3 is 19.7 Å². The number of rotatable bonds is 8. The molecule has 1 N–H and O–H groups in total. The molecule has 6 heteroatoms. The summed E-state index contributed by atoms with van der Waals surface area (Å²) >= 11 is 0. The van der Waals surface area contributed by atoms with Crippen LogP contribution < -0.4 is 14.8 Å². The number of methoxy groups -OCH3 is 2. The zero-order valence-corrected chi connectivity index (χ0v) is 17.9. The molecular weight excluding hydrogens is 380 g/mol. The van der Waals surface area contributed by atoms with Crippen molar-refractivity contribution in [2.75, 3.05) is 26.1 Å². The second-order valence-electron chi connectivity index (χ2n) is 7.79. The standard InChI is InChI=1S/C24H30N2O4/c1-17(15-18-7-4-5-9-22(18)30-3)16-23(27)26-14-6-8-21(26)24(28)25-19-10-12-20(29-2)13-11-19/h4-5,7,9-13,17,21H,6,8,14-16H2,1-3H3,(H,25,28). The van der Waals surface area contributed by atoms with E-state index < -0.39 is 6.04 Å². The fourth-order valence-corrected chi connectivity index (χ4v) is 3.97. The van der Waals surface area contributed by atoms with Crippen LogP contribution in [0.5, 0.6) is 11.5 Å². The van der Waals surface area contributed by atoms with Crippen molar-refractivity contribution in [2.45, 2.75) is 38.6 Å². The molecule has 6 nitrogen and oxygen atoms in total. The Morgan fingerprint density at radius 3 is 2.53 bits per heavy atom. The number of carbonyl (C=O) groups excluding carboxylic acids is 2. The molecule has 1 heterocycles. The normalized spacial score (nSPS) is 16.8. The summed E-state index contributed by atoms with van der Waals surface area (Å²) in [7, 11) is 3.26. The number of hydrogen-bond acceptors (Lipinski definition) is 4. The average molecular weight is 411 g/mol. The van der Waals surface area contributed by atoms with Crippen LogP contribution in [0.15, 0.2) is 48.5 Å². The number of nitrogens with one attached hydrogen (secondary N) is 1. The lowest BCUT2D eigenvalue weighted by Crippen LogP contribution is -2.43. The van der Waals surface area contributed by atoms with Gasteiger partial charge in [0.1, 0.15) is 17.5 Å². The van der Waals surface area contributed by atoms with Crippen molar-refractivity contribution in [3.05, 3.63) is 54.1 Å². The highest BCUT2D eigenvalue weighted by Gasteiger charge is 2.34. The van der Waals surface area contributed by atoms with Gasteiger partial charge in [-0.1, -0.05) is 25.1 Å². The van der Waals surface area contributed by atoms with Gasteiger partial charge in [-0.2, -0.15) is 0 Å². The Morgan fingerprint density at radius 1 is 1.10 bits per heavy atom. The van der Waals surface area contributed by atoms with E-state index in [2.05, 4.69) is 12.2 Å². The summed E-state index contributed by atoms with van der Waals surface area (Å²) in [6.45, 7) is 2.69. The van der Waals surface area contributed by atoms with Crippen molar-refractivity contribution in [1.82, 2.24) is 4.90 Å². The van der Waals surface area contributed by atoms with Gasteiger partial charge >= 0.3 is 0 Å². The summed E-state index contributed by atoms with van der Waals surface area (Å²) in [4.78, 5) is 27.5. The topological polar surface area (TPSA) is 67.9 Å². The second kappa shape index (κ2) is 10.1. The number of ether oxygens (including phenoxy) is 2. The van der Waals surface area contributed by atoms with E-state index >= 15 is 0 Å². The largest absolute Gasteiger partial charge is 0.497 e. The van der Waals surface area contributed by atoms with E-state index in [1.54, 1.807) is 43.4 Å². The van der Waals surface area contributed by atoms with Crippen molar-refractivity contribution in [3.8, 4) is 11.5 Å². The molecule has 2 amide bonds. The molecule has 1 saturated heterocycles. The number of likely N-dealkylation sites (tertiary alicyclic amines) is 1. The minimum atomic E-state index is -0.418. The van der Waals surface area contributed by atoms with Crippen LogP contribution in [0.3, 0.4) is 0 Å². The van der Waals surface area contributed by atoms with E-state index in [0.29, 0.717) is 25.1 Å². The zero-order chi connectivity index (χ0) is 21.5. The summed E-state index contributed by atoms with van der Waals surface area (Å²) in [6.07, 6.45) is 2.69. The maximum absolute atomic E-state index is 12.9. The highest BCUT2D eigenvalue weighted by Crippen LogP contribution is 2.25. The minimum Gasteiger partial charge on any atom is -0.497 e. The van der Waals surface area contributed by atoms with Crippen molar-refractivity contribution in [2.24, 2.45) is 5.92 Å². The van der Waals surface area contributed by atoms with E-state index in [-0.39, 0.29) is 17.7 Å². The van der Waals surface area contributed by atoms with Crippen LogP contribution in [0, 0.1) is 5.92 Å². The maximum Gasteiger partial charge on any atom is 0.247 e. The number of carbonyl (C=O) groups is 2. The number of nitrogens with zero attached hydrogens (tertiary/aromatic N) is 1. The maximum atomic E-state index is 12.9. The van der Waals surface area contributed by atoms with Crippen LogP contribution in [-0.4, -0.2) is 43.5 Å². The van der Waals surface area contributed by atoms with Gasteiger partial charge in [-0.3, -0.25) is 9.59 Å². The summed E-state index contributed by atoms with van der Waals surface area (Å²) in [5.74, 6) is 1.62. The molecule has 2 aromatic rings. The lowest BCUT2D eigenvalue weighted by Gasteiger charge is -2.25. The third-order valence-electron chi connectivity index (χ3n) is 5.52. The third-order valence-corrected chi connectivity index (χ3v) is 5.52. The molecule has 0 spiro atoms. The molecule has 2 aromatic carbocycles. The van der Waals surface area contributed by atoms with Crippen LogP contribution in [0.1, 0.15) is 31.7 Å². The summed E-state index contributed by atoms with van der Waals surface area (Å²) in [6, 6.07) is 14.7. The molecule has 0 radical (unpaired) electrons. The molecule has 3 rings (SSSR count). The minimum absolute atomic E-state index is 0.0322. The Bertz CT molecular complexity index is 866. The van der Waals surface area contributed by atoms with E-state index in [4.69, 9.17) is 9.47 Å². The summed E-state index contributed by atoms with van der Waals surface area (Å²) in [5.41, 5.74) is 1.79. The zero-order valence-electron chi connectivity index (χ0n) is 17.9. The number of anilines is 1. The van der Waals surface area contributed by atoms with Crippen LogP contribution in [0.2, 0.25) is 0 Å². The quantitative estimate of drug-likeness (QED) is 0.717. The Balaban J connectivity index is 1.58. The van der Waals surface area contributed by atoms with Gasteiger partial charge in [0.2, 0.25) is 11.8 Å². The SMILES string of the molecule is COc1ccc(NC(=O)C2CCCN2C(=O)CC(C)Cc2ccccc2OC)cc1. The first-order chi connectivity index (χ1) is 14.5. The van der Waals surface area contributed by atoms with Gasteiger partial charge in [-0.25, -0.2) is 0 Å². The molecule has 0 bridgehead atoms. The van der Waals surface area contributed by atoms with Crippen LogP contribution in [0.4, 0.5) is 5.69 Å². The monoisotopic (exact) mass is 410 g/mol. The molecule has 1 aliphatic rings. The molecule has 160 valence electrons. The molecule has 0 aliphatic carbocycles. The average Bonchev–Trinajstić information content (AvgIpc) is 3.25. The number of benzene rings is 2. The predicted octanol–water partition coefficient (Wildman–Crippen LogP) is 3.90. The molecule has 2 unspecified atom stereocenters. The summed E-state index contributed by atoms with van der Waals surface area (Å²) < 4.78 is 10.6. The van der Waals surface area contributed by atoms with E-state index in [1.807, 2.05) is 24.3 Å². The van der Waals surface area contributed by atoms with Crippen molar-refractivity contribution < 1.29 is 19.1 Å². The Morgan fingerprint density at radius 2 is 1.83 bits per heavy atom. The molecule has 1 aliphatic heterocycles. The number of amides is 2. The molecule has 30 heavy (non-hydrogen) atoms. The first-order valence-corrected chi connectivity index (χ1v) is 10.4. The van der Waals surface area contributed by atoms with Gasteiger partial charge in [-0.15, -0.1) is 0 Å². The van der Waals surface area contributed by atoms with Gasteiger partial charge in [0.15, 0.2) is 0 Å². The lowest BCUT2D eigenvalue weighted by molar-refractivity contribution is -0.137. The first kappa shape index (κ1) is 21.7. The molecule has 0 aromatic heterocycles. The fraction of sp³-hybridized carbons (Fsp3) is 0.417. The molecule has 2 atom stereocenters. The van der Waals surface area contributed by atoms with Crippen molar-refractivity contribution >= 4 is 17.5 Å². The van der Waals surface area contributed by atoms with Gasteiger partial charge in [0, 0.05) is 18.7 Å². The first-order valence-electron chi connectivity index (χ1n) is 10.4. The Kier molecular flexibility index (Phi) is 7.33. The van der Waals surface area contributed by atoms with Crippen LogP contribution >= 0.6 is 0 Å². The fourth-order valence-electron chi connectivity index (χ4n) is 3.97. The van der Waals surface area contributed by atoms with Gasteiger partial charge in [-0.05, 0) is 61.1 Å². The summed E-state index contributed by atoms with van der Waals surface area (Å²) in [5, 5.41) is 2.92. The molecule has 0 saturated carbocycles. The van der Waals surface area contributed by atoms with Crippen LogP contribution in [0.25, 0.3) is 0 Å². The van der Waals surface area contributed by atoms with Crippen molar-refractivity contribution in [1.29, 1.82) is 0 Å². The second-order valence-corrected chi connectivity index (χ2v) is 7.79. The van der Waals surface area contributed by atoms with Crippen LogP contribution in [-0.2, 0) is 16.0 Å². The number of hydrogen-bond donors (Lipinski definition) is 1. The van der Waals surface area contributed by atoms with E-state index in [9.17, 15) is 9.59 Å². The predicted molar refractivity (Wildman–Crippen MR) is 117 cm³/mol. The van der Waals surface area contributed by atoms with E-state index in [0.717, 1.165) is 29.9 Å². The Labute approximate surface area is 178 Å².